The number of anilines is 1. The molecule has 0 atom stereocenters. The molecule has 0 aliphatic carbocycles. The molecule has 0 unspecified atom stereocenters. The van der Waals surface area contributed by atoms with E-state index in [2.05, 4.69) is 5.32 Å². The van der Waals surface area contributed by atoms with Crippen LogP contribution < -0.4 is 10.1 Å². The molecule has 1 heterocycles. The quantitative estimate of drug-likeness (QED) is 0.554. The molecule has 1 N–H and O–H groups in total. The highest BCUT2D eigenvalue weighted by molar-refractivity contribution is 6.30. The molecule has 3 aromatic rings. The summed E-state index contributed by atoms with van der Waals surface area (Å²) < 4.78 is 54.5. The first kappa shape index (κ1) is 21.5. The van der Waals surface area contributed by atoms with Gasteiger partial charge in [-0.3, -0.25) is 9.59 Å². The second-order valence-electron chi connectivity index (χ2n) is 6.20. The SMILES string of the molecule is COc1ccc2c(CC(=O)OCC(=O)Nc3ccc(Cl)cc3C(F)(F)F)coc2c1. The number of amides is 1. The molecule has 3 rings (SSSR count). The van der Waals surface area contributed by atoms with Gasteiger partial charge in [-0.15, -0.1) is 0 Å². The molecule has 0 aliphatic rings. The molecular weight excluding hydrogens is 427 g/mol. The van der Waals surface area contributed by atoms with Crippen molar-refractivity contribution in [2.45, 2.75) is 12.6 Å². The van der Waals surface area contributed by atoms with Gasteiger partial charge in [-0.25, -0.2) is 0 Å². The highest BCUT2D eigenvalue weighted by Crippen LogP contribution is 2.36. The number of fused-ring (bicyclic) bond motifs is 1. The lowest BCUT2D eigenvalue weighted by molar-refractivity contribution is -0.146. The smallest absolute Gasteiger partial charge is 0.418 e. The Kier molecular flexibility index (Phi) is 6.21. The number of furan rings is 1. The summed E-state index contributed by atoms with van der Waals surface area (Å²) in [5, 5.41) is 2.62. The monoisotopic (exact) mass is 441 g/mol. The van der Waals surface area contributed by atoms with Crippen LogP contribution in [0.4, 0.5) is 18.9 Å². The lowest BCUT2D eigenvalue weighted by Gasteiger charge is -2.14. The fourth-order valence-corrected chi connectivity index (χ4v) is 2.90. The summed E-state index contributed by atoms with van der Waals surface area (Å²) in [6, 6.07) is 8.00. The topological polar surface area (TPSA) is 77.8 Å². The minimum Gasteiger partial charge on any atom is -0.497 e. The van der Waals surface area contributed by atoms with E-state index in [-0.39, 0.29) is 11.4 Å². The molecule has 0 aliphatic heterocycles. The van der Waals surface area contributed by atoms with E-state index in [9.17, 15) is 22.8 Å². The van der Waals surface area contributed by atoms with Gasteiger partial charge in [0.1, 0.15) is 11.3 Å². The molecule has 0 spiro atoms. The molecule has 1 aromatic heterocycles. The van der Waals surface area contributed by atoms with Gasteiger partial charge in [-0.2, -0.15) is 13.2 Å². The van der Waals surface area contributed by atoms with Crippen LogP contribution in [0.5, 0.6) is 5.75 Å². The number of hydrogen-bond donors (Lipinski definition) is 1. The molecule has 30 heavy (non-hydrogen) atoms. The number of halogens is 4. The zero-order valence-electron chi connectivity index (χ0n) is 15.5. The van der Waals surface area contributed by atoms with Crippen molar-refractivity contribution in [3.8, 4) is 5.75 Å². The van der Waals surface area contributed by atoms with Gasteiger partial charge < -0.3 is 19.2 Å². The highest BCUT2D eigenvalue weighted by atomic mass is 35.5. The maximum absolute atomic E-state index is 13.1. The highest BCUT2D eigenvalue weighted by Gasteiger charge is 2.34. The molecule has 0 saturated heterocycles. The van der Waals surface area contributed by atoms with E-state index in [1.54, 1.807) is 18.2 Å². The summed E-state index contributed by atoms with van der Waals surface area (Å²) in [6.07, 6.45) is -3.51. The molecule has 2 aromatic carbocycles. The summed E-state index contributed by atoms with van der Waals surface area (Å²) in [5.74, 6) is -1.07. The Hall–Kier alpha value is -3.20. The number of nitrogens with one attached hydrogen (secondary N) is 1. The third-order valence-corrected chi connectivity index (χ3v) is 4.36. The van der Waals surface area contributed by atoms with Crippen molar-refractivity contribution >= 4 is 40.1 Å². The summed E-state index contributed by atoms with van der Waals surface area (Å²) in [6.45, 7) is -0.748. The zero-order chi connectivity index (χ0) is 21.9. The van der Waals surface area contributed by atoms with Gasteiger partial charge in [0.15, 0.2) is 6.61 Å². The Morgan fingerprint density at radius 2 is 1.93 bits per heavy atom. The minimum atomic E-state index is -4.71. The van der Waals surface area contributed by atoms with E-state index in [0.717, 1.165) is 6.07 Å². The van der Waals surface area contributed by atoms with Crippen LogP contribution in [0.3, 0.4) is 0 Å². The van der Waals surface area contributed by atoms with E-state index in [4.69, 9.17) is 25.5 Å². The lowest BCUT2D eigenvalue weighted by atomic mass is 10.1. The first-order chi connectivity index (χ1) is 14.2. The Morgan fingerprint density at radius 1 is 1.17 bits per heavy atom. The van der Waals surface area contributed by atoms with Crippen molar-refractivity contribution in [3.63, 3.8) is 0 Å². The van der Waals surface area contributed by atoms with Crippen LogP contribution >= 0.6 is 11.6 Å². The van der Waals surface area contributed by atoms with Crippen molar-refractivity contribution < 1.29 is 36.7 Å². The average molecular weight is 442 g/mol. The second-order valence-corrected chi connectivity index (χ2v) is 6.63. The molecule has 0 saturated carbocycles. The molecule has 0 bridgehead atoms. The van der Waals surface area contributed by atoms with Crippen molar-refractivity contribution in [3.05, 3.63) is 58.8 Å². The van der Waals surface area contributed by atoms with Gasteiger partial charge in [0.05, 0.1) is 31.0 Å². The predicted octanol–water partition coefficient (Wildman–Crippen LogP) is 4.84. The first-order valence-corrected chi connectivity index (χ1v) is 8.91. The summed E-state index contributed by atoms with van der Waals surface area (Å²) >= 11 is 5.59. The van der Waals surface area contributed by atoms with Gasteiger partial charge in [-0.1, -0.05) is 11.6 Å². The fraction of sp³-hybridized carbons (Fsp3) is 0.200. The van der Waals surface area contributed by atoms with Crippen molar-refractivity contribution in [2.75, 3.05) is 19.0 Å². The van der Waals surface area contributed by atoms with Crippen LogP contribution in [0.25, 0.3) is 11.0 Å². The third-order valence-electron chi connectivity index (χ3n) is 4.12. The number of esters is 1. The van der Waals surface area contributed by atoms with E-state index in [1.807, 2.05) is 0 Å². The maximum atomic E-state index is 13.1. The second kappa shape index (κ2) is 8.66. The molecule has 6 nitrogen and oxygen atoms in total. The third kappa shape index (κ3) is 5.04. The molecule has 1 amide bonds. The Morgan fingerprint density at radius 3 is 2.63 bits per heavy atom. The minimum absolute atomic E-state index is 0.128. The number of hydrogen-bond acceptors (Lipinski definition) is 5. The van der Waals surface area contributed by atoms with E-state index < -0.39 is 35.9 Å². The lowest BCUT2D eigenvalue weighted by Crippen LogP contribution is -2.23. The standard InChI is InChI=1S/C20H15ClF3NO5/c1-28-13-3-4-14-11(9-29-17(14)8-13)6-19(27)30-10-18(26)25-16-5-2-12(21)7-15(16)20(22,23)24/h2-5,7-9H,6,10H2,1H3,(H,25,26). The van der Waals surface area contributed by atoms with Crippen LogP contribution in [0, 0.1) is 0 Å². The van der Waals surface area contributed by atoms with Crippen LogP contribution in [0.2, 0.25) is 5.02 Å². The molecular formula is C20H15ClF3NO5. The average Bonchev–Trinajstić information content (AvgIpc) is 3.08. The van der Waals surface area contributed by atoms with Crippen molar-refractivity contribution in [1.29, 1.82) is 0 Å². The predicted molar refractivity (Wildman–Crippen MR) is 103 cm³/mol. The van der Waals surface area contributed by atoms with Crippen LogP contribution in [0.1, 0.15) is 11.1 Å². The van der Waals surface area contributed by atoms with E-state index in [0.29, 0.717) is 28.3 Å². The summed E-state index contributed by atoms with van der Waals surface area (Å²) in [7, 11) is 1.51. The van der Waals surface area contributed by atoms with Crippen LogP contribution in [0.15, 0.2) is 47.1 Å². The van der Waals surface area contributed by atoms with Gasteiger partial charge in [-0.05, 0) is 30.3 Å². The molecule has 158 valence electrons. The number of carbonyl (C=O) groups is 2. The fourth-order valence-electron chi connectivity index (χ4n) is 2.73. The molecule has 0 radical (unpaired) electrons. The number of methoxy groups -OCH3 is 1. The number of benzene rings is 2. The van der Waals surface area contributed by atoms with Gasteiger partial charge >= 0.3 is 12.1 Å². The van der Waals surface area contributed by atoms with Crippen LogP contribution in [-0.4, -0.2) is 25.6 Å². The maximum Gasteiger partial charge on any atom is 0.418 e. The number of alkyl halides is 3. The number of ether oxygens (including phenoxy) is 2. The van der Waals surface area contributed by atoms with Crippen molar-refractivity contribution in [2.24, 2.45) is 0 Å². The molecule has 10 heteroatoms. The number of carbonyl (C=O) groups excluding carboxylic acids is 2. The van der Waals surface area contributed by atoms with E-state index >= 15 is 0 Å². The first-order valence-electron chi connectivity index (χ1n) is 8.53. The Balaban J connectivity index is 1.60. The van der Waals surface area contributed by atoms with Gasteiger partial charge in [0.25, 0.3) is 5.91 Å². The van der Waals surface area contributed by atoms with Gasteiger partial charge in [0, 0.05) is 22.0 Å². The molecule has 0 fully saturated rings. The van der Waals surface area contributed by atoms with Gasteiger partial charge in [0.2, 0.25) is 0 Å². The Bertz CT molecular complexity index is 1090. The zero-order valence-corrected chi connectivity index (χ0v) is 16.3. The van der Waals surface area contributed by atoms with Crippen LogP contribution in [-0.2, 0) is 26.9 Å². The summed E-state index contributed by atoms with van der Waals surface area (Å²) in [4.78, 5) is 24.0. The normalized spacial score (nSPS) is 11.4. The Labute approximate surface area is 173 Å². The number of rotatable bonds is 6. The largest absolute Gasteiger partial charge is 0.497 e. The summed E-state index contributed by atoms with van der Waals surface area (Å²) in [5.41, 5.74) is -0.537. The van der Waals surface area contributed by atoms with E-state index in [1.165, 1.54) is 19.4 Å². The van der Waals surface area contributed by atoms with Crippen molar-refractivity contribution in [1.82, 2.24) is 0 Å².